The Morgan fingerprint density at radius 1 is 1.59 bits per heavy atom. The fraction of sp³-hybridized carbons (Fsp3) is 0.455. The van der Waals surface area contributed by atoms with E-state index < -0.39 is 0 Å². The lowest BCUT2D eigenvalue weighted by Crippen LogP contribution is -2.22. The van der Waals surface area contributed by atoms with E-state index in [2.05, 4.69) is 10.1 Å². The molecule has 0 spiro atoms. The number of halogens is 1. The first-order valence-corrected chi connectivity index (χ1v) is 5.86. The molecule has 0 amide bonds. The molecule has 0 saturated carbocycles. The van der Waals surface area contributed by atoms with Crippen molar-refractivity contribution in [1.29, 1.82) is 0 Å². The average Bonchev–Trinajstić information content (AvgIpc) is 2.67. The number of hydrogen-bond donors (Lipinski definition) is 1. The van der Waals surface area contributed by atoms with Crippen LogP contribution >= 0.6 is 11.6 Å². The molecule has 0 atom stereocenters. The van der Waals surface area contributed by atoms with Gasteiger partial charge in [-0.05, 0) is 13.3 Å². The summed E-state index contributed by atoms with van der Waals surface area (Å²) in [6.45, 7) is 2.25. The van der Waals surface area contributed by atoms with Crippen LogP contribution in [0.5, 0.6) is 0 Å². The number of rotatable bonds is 4. The highest BCUT2D eigenvalue weighted by molar-refractivity contribution is 6.17. The zero-order valence-electron chi connectivity index (χ0n) is 9.79. The van der Waals surface area contributed by atoms with Gasteiger partial charge in [0.25, 0.3) is 5.56 Å². The topological polar surface area (TPSA) is 59.4 Å². The number of aromatic nitrogens is 3. The maximum absolute atomic E-state index is 12.1. The fourth-order valence-corrected chi connectivity index (χ4v) is 2.02. The first-order chi connectivity index (χ1) is 8.17. The van der Waals surface area contributed by atoms with Crippen LogP contribution in [0.1, 0.15) is 17.0 Å². The molecule has 2 aromatic heterocycles. The van der Waals surface area contributed by atoms with E-state index >= 15 is 0 Å². The zero-order valence-corrected chi connectivity index (χ0v) is 10.5. The number of methoxy groups -OCH3 is 1. The Hall–Kier alpha value is -1.33. The third-order valence-corrected chi connectivity index (χ3v) is 2.80. The molecule has 5 nitrogen and oxygen atoms in total. The predicted molar refractivity (Wildman–Crippen MR) is 65.7 cm³/mol. The predicted octanol–water partition coefficient (Wildman–Crippen LogP) is 1.26. The number of aromatic amines is 1. The largest absolute Gasteiger partial charge is 0.378 e. The Morgan fingerprint density at radius 2 is 2.35 bits per heavy atom. The number of H-pyrrole nitrogens is 1. The third kappa shape index (κ3) is 2.21. The van der Waals surface area contributed by atoms with Crippen molar-refractivity contribution in [1.82, 2.24) is 14.6 Å². The van der Waals surface area contributed by atoms with Gasteiger partial charge in [0, 0.05) is 30.3 Å². The molecular weight excluding hydrogens is 242 g/mol. The van der Waals surface area contributed by atoms with E-state index in [1.54, 1.807) is 7.11 Å². The van der Waals surface area contributed by atoms with Crippen LogP contribution in [0.3, 0.4) is 0 Å². The lowest BCUT2D eigenvalue weighted by Gasteiger charge is -2.02. The second-order valence-corrected chi connectivity index (χ2v) is 4.21. The van der Waals surface area contributed by atoms with Crippen LogP contribution in [0.25, 0.3) is 5.65 Å². The number of hydrogen-bond acceptors (Lipinski definition) is 3. The van der Waals surface area contributed by atoms with Crippen molar-refractivity contribution in [3.05, 3.63) is 33.4 Å². The van der Waals surface area contributed by atoms with Gasteiger partial charge in [-0.25, -0.2) is 9.50 Å². The second kappa shape index (κ2) is 4.89. The van der Waals surface area contributed by atoms with E-state index in [9.17, 15) is 4.79 Å². The standard InChI is InChI=1S/C11H14ClN3O2/c1-7-9(3-4-12)11(16)15-10(13-7)5-8(14-15)6-17-2/h5,14H,3-4,6H2,1-2H3. The van der Waals surface area contributed by atoms with Gasteiger partial charge in [0.2, 0.25) is 0 Å². The summed E-state index contributed by atoms with van der Waals surface area (Å²) >= 11 is 5.68. The average molecular weight is 256 g/mol. The first kappa shape index (κ1) is 12.1. The monoisotopic (exact) mass is 255 g/mol. The van der Waals surface area contributed by atoms with Crippen LogP contribution in [0.2, 0.25) is 0 Å². The summed E-state index contributed by atoms with van der Waals surface area (Å²) in [4.78, 5) is 16.5. The molecule has 6 heteroatoms. The van der Waals surface area contributed by atoms with Crippen LogP contribution in [-0.4, -0.2) is 27.6 Å². The van der Waals surface area contributed by atoms with Gasteiger partial charge in [0.1, 0.15) is 0 Å². The molecule has 0 aliphatic carbocycles. The van der Waals surface area contributed by atoms with Gasteiger partial charge < -0.3 is 4.74 Å². The highest BCUT2D eigenvalue weighted by Gasteiger charge is 2.11. The molecule has 0 aliphatic rings. The Bertz CT molecular complexity index is 588. The maximum Gasteiger partial charge on any atom is 0.276 e. The van der Waals surface area contributed by atoms with Gasteiger partial charge in [-0.3, -0.25) is 9.89 Å². The van der Waals surface area contributed by atoms with Gasteiger partial charge in [0.05, 0.1) is 12.3 Å². The van der Waals surface area contributed by atoms with Crippen molar-refractivity contribution in [2.24, 2.45) is 0 Å². The fourth-order valence-electron chi connectivity index (χ4n) is 1.83. The normalized spacial score (nSPS) is 11.2. The molecule has 92 valence electrons. The van der Waals surface area contributed by atoms with Crippen molar-refractivity contribution in [3.63, 3.8) is 0 Å². The molecule has 2 rings (SSSR count). The van der Waals surface area contributed by atoms with E-state index in [0.29, 0.717) is 30.1 Å². The van der Waals surface area contributed by atoms with Crippen molar-refractivity contribution in [3.8, 4) is 0 Å². The molecule has 0 fully saturated rings. The zero-order chi connectivity index (χ0) is 12.4. The van der Waals surface area contributed by atoms with Crippen LogP contribution in [0.4, 0.5) is 0 Å². The number of nitrogens with zero attached hydrogens (tertiary/aromatic N) is 2. The van der Waals surface area contributed by atoms with Crippen LogP contribution in [-0.2, 0) is 17.8 Å². The van der Waals surface area contributed by atoms with E-state index in [1.165, 1.54) is 4.52 Å². The summed E-state index contributed by atoms with van der Waals surface area (Å²) in [6.07, 6.45) is 0.529. The van der Waals surface area contributed by atoms with Crippen LogP contribution in [0.15, 0.2) is 10.9 Å². The minimum absolute atomic E-state index is 0.0875. The van der Waals surface area contributed by atoms with Crippen LogP contribution in [0, 0.1) is 6.92 Å². The molecule has 0 aromatic carbocycles. The molecule has 0 radical (unpaired) electrons. The molecular formula is C11H14ClN3O2. The van der Waals surface area contributed by atoms with Crippen LogP contribution < -0.4 is 5.56 Å². The van der Waals surface area contributed by atoms with Gasteiger partial charge >= 0.3 is 0 Å². The molecule has 0 saturated heterocycles. The van der Waals surface area contributed by atoms with Crippen molar-refractivity contribution in [2.45, 2.75) is 20.0 Å². The molecule has 1 N–H and O–H groups in total. The van der Waals surface area contributed by atoms with Crippen molar-refractivity contribution < 1.29 is 4.74 Å². The summed E-state index contributed by atoms with van der Waals surface area (Å²) in [5.41, 5.74) is 2.73. The summed E-state index contributed by atoms with van der Waals surface area (Å²) in [5, 5.41) is 2.96. The Morgan fingerprint density at radius 3 is 3.00 bits per heavy atom. The number of ether oxygens (including phenoxy) is 1. The Kier molecular flexibility index (Phi) is 3.49. The highest BCUT2D eigenvalue weighted by atomic mass is 35.5. The lowest BCUT2D eigenvalue weighted by atomic mass is 10.2. The highest BCUT2D eigenvalue weighted by Crippen LogP contribution is 2.07. The summed E-state index contributed by atoms with van der Waals surface area (Å²) < 4.78 is 6.44. The van der Waals surface area contributed by atoms with E-state index in [1.807, 2.05) is 13.0 Å². The van der Waals surface area contributed by atoms with Gasteiger partial charge in [-0.2, -0.15) is 0 Å². The first-order valence-electron chi connectivity index (χ1n) is 5.32. The number of nitrogens with one attached hydrogen (secondary N) is 1. The summed E-state index contributed by atoms with van der Waals surface area (Å²) in [6, 6.07) is 1.81. The SMILES string of the molecule is COCc1cc2nc(C)c(CCCl)c(=O)n2[nH]1. The van der Waals surface area contributed by atoms with E-state index in [0.717, 1.165) is 11.4 Å². The molecule has 17 heavy (non-hydrogen) atoms. The minimum Gasteiger partial charge on any atom is -0.378 e. The summed E-state index contributed by atoms with van der Waals surface area (Å²) in [7, 11) is 1.60. The number of alkyl halides is 1. The van der Waals surface area contributed by atoms with Crippen molar-refractivity contribution in [2.75, 3.05) is 13.0 Å². The van der Waals surface area contributed by atoms with Gasteiger partial charge in [0.15, 0.2) is 5.65 Å². The second-order valence-electron chi connectivity index (χ2n) is 3.83. The van der Waals surface area contributed by atoms with Gasteiger partial charge in [-0.1, -0.05) is 0 Å². The van der Waals surface area contributed by atoms with Crippen molar-refractivity contribution >= 4 is 17.2 Å². The minimum atomic E-state index is -0.0875. The quantitative estimate of drug-likeness (QED) is 0.837. The van der Waals surface area contributed by atoms with E-state index in [-0.39, 0.29) is 5.56 Å². The number of fused-ring (bicyclic) bond motifs is 1. The van der Waals surface area contributed by atoms with Gasteiger partial charge in [-0.15, -0.1) is 11.6 Å². The molecule has 2 heterocycles. The smallest absolute Gasteiger partial charge is 0.276 e. The molecule has 0 unspecified atom stereocenters. The Balaban J connectivity index is 2.61. The molecule has 2 aromatic rings. The number of aryl methyl sites for hydroxylation is 1. The van der Waals surface area contributed by atoms with E-state index in [4.69, 9.17) is 16.3 Å². The Labute approximate surface area is 103 Å². The maximum atomic E-state index is 12.1. The molecule has 0 bridgehead atoms. The lowest BCUT2D eigenvalue weighted by molar-refractivity contribution is 0.181. The summed E-state index contributed by atoms with van der Waals surface area (Å²) in [5.74, 6) is 0.412. The molecule has 0 aliphatic heterocycles. The third-order valence-electron chi connectivity index (χ3n) is 2.61.